The van der Waals surface area contributed by atoms with Crippen molar-refractivity contribution < 1.29 is 4.79 Å². The molecule has 2 N–H and O–H groups in total. The third kappa shape index (κ3) is 3.28. The van der Waals surface area contributed by atoms with E-state index in [2.05, 4.69) is 35.4 Å². The van der Waals surface area contributed by atoms with Crippen molar-refractivity contribution in [1.29, 1.82) is 0 Å². The number of aromatic amines is 1. The number of aromatic nitrogens is 1. The van der Waals surface area contributed by atoms with Gasteiger partial charge in [0.15, 0.2) is 0 Å². The van der Waals surface area contributed by atoms with Gasteiger partial charge in [-0.2, -0.15) is 0 Å². The first-order valence-electron chi connectivity index (χ1n) is 8.08. The summed E-state index contributed by atoms with van der Waals surface area (Å²) in [6, 6.07) is 7.40. The zero-order valence-corrected chi connectivity index (χ0v) is 15.2. The minimum atomic E-state index is -0.0980. The molecule has 5 nitrogen and oxygen atoms in total. The van der Waals surface area contributed by atoms with Gasteiger partial charge >= 0.3 is 0 Å². The number of hydrogen-bond acceptors (Lipinski definition) is 3. The first-order valence-corrected chi connectivity index (χ1v) is 8.46. The van der Waals surface area contributed by atoms with Gasteiger partial charge in [0, 0.05) is 42.8 Å². The molecule has 6 heteroatoms. The average Bonchev–Trinajstić information content (AvgIpc) is 3.07. The highest BCUT2D eigenvalue weighted by atomic mass is 35.5. The van der Waals surface area contributed by atoms with E-state index in [1.165, 1.54) is 5.57 Å². The van der Waals surface area contributed by atoms with Crippen molar-refractivity contribution in [1.82, 2.24) is 20.3 Å². The molecule has 1 unspecified atom stereocenters. The number of nitrogens with zero attached hydrogens (tertiary/aromatic N) is 2. The predicted molar refractivity (Wildman–Crippen MR) is 97.9 cm³/mol. The predicted octanol–water partition coefficient (Wildman–Crippen LogP) is 3.25. The molecular weight excluding hydrogens is 324 g/mol. The molecule has 1 aromatic heterocycles. The fraction of sp³-hybridized carbons (Fsp3) is 0.389. The molecule has 1 atom stereocenters. The van der Waals surface area contributed by atoms with Crippen molar-refractivity contribution in [2.24, 2.45) is 5.92 Å². The third-order valence-corrected chi connectivity index (χ3v) is 4.72. The summed E-state index contributed by atoms with van der Waals surface area (Å²) in [5.41, 5.74) is 2.67. The van der Waals surface area contributed by atoms with Gasteiger partial charge in [-0.05, 0) is 35.8 Å². The van der Waals surface area contributed by atoms with E-state index in [9.17, 15) is 4.79 Å². The summed E-state index contributed by atoms with van der Waals surface area (Å²) >= 11 is 6.02. The van der Waals surface area contributed by atoms with Gasteiger partial charge in [-0.15, -0.1) is 0 Å². The number of hydrazine groups is 1. The van der Waals surface area contributed by atoms with E-state index in [1.807, 2.05) is 43.4 Å². The second kappa shape index (κ2) is 6.49. The molecule has 0 bridgehead atoms. The van der Waals surface area contributed by atoms with Gasteiger partial charge in [0.2, 0.25) is 0 Å². The van der Waals surface area contributed by atoms with Crippen LogP contribution in [-0.2, 0) is 0 Å². The molecule has 3 rings (SSSR count). The lowest BCUT2D eigenvalue weighted by Gasteiger charge is -2.24. The maximum Gasteiger partial charge on any atom is 0.268 e. The van der Waals surface area contributed by atoms with Crippen LogP contribution in [0.15, 0.2) is 36.0 Å². The van der Waals surface area contributed by atoms with Crippen LogP contribution >= 0.6 is 11.6 Å². The summed E-state index contributed by atoms with van der Waals surface area (Å²) in [6.07, 6.45) is 2.09. The quantitative estimate of drug-likeness (QED) is 0.893. The highest BCUT2D eigenvalue weighted by molar-refractivity contribution is 6.31. The van der Waals surface area contributed by atoms with Gasteiger partial charge in [-0.1, -0.05) is 25.4 Å². The van der Waals surface area contributed by atoms with E-state index >= 15 is 0 Å². The Morgan fingerprint density at radius 1 is 1.29 bits per heavy atom. The Balaban J connectivity index is 1.81. The van der Waals surface area contributed by atoms with Gasteiger partial charge < -0.3 is 15.3 Å². The number of amides is 1. The Morgan fingerprint density at radius 2 is 2.04 bits per heavy atom. The van der Waals surface area contributed by atoms with Crippen molar-refractivity contribution in [3.8, 4) is 0 Å². The monoisotopic (exact) mass is 346 g/mol. The first-order chi connectivity index (χ1) is 11.3. The van der Waals surface area contributed by atoms with E-state index in [0.717, 1.165) is 17.4 Å². The lowest BCUT2D eigenvalue weighted by molar-refractivity contribution is 0.0925. The number of fused-ring (bicyclic) bond motifs is 1. The number of nitrogens with one attached hydrogen (secondary N) is 2. The number of hydrogen-bond donors (Lipinski definition) is 2. The normalized spacial score (nSPS) is 16.8. The minimum Gasteiger partial charge on any atom is -0.351 e. The second-order valence-electron chi connectivity index (χ2n) is 6.70. The maximum atomic E-state index is 12.7. The van der Waals surface area contributed by atoms with Crippen molar-refractivity contribution in [2.75, 3.05) is 20.6 Å². The summed E-state index contributed by atoms with van der Waals surface area (Å²) in [6.45, 7) is 5.06. The number of likely N-dealkylation sites (N-methyl/N-ethyl adjacent to an activating group) is 1. The van der Waals surface area contributed by atoms with Crippen LogP contribution < -0.4 is 5.32 Å². The molecule has 0 radical (unpaired) electrons. The lowest BCUT2D eigenvalue weighted by atomic mass is 9.96. The van der Waals surface area contributed by atoms with Gasteiger partial charge in [-0.25, -0.2) is 5.01 Å². The average molecular weight is 347 g/mol. The molecule has 1 aliphatic rings. The van der Waals surface area contributed by atoms with Crippen LogP contribution in [0.4, 0.5) is 0 Å². The zero-order valence-electron chi connectivity index (χ0n) is 14.4. The Labute approximate surface area is 147 Å². The van der Waals surface area contributed by atoms with E-state index < -0.39 is 0 Å². The molecule has 128 valence electrons. The largest absolute Gasteiger partial charge is 0.351 e. The van der Waals surface area contributed by atoms with Gasteiger partial charge in [-0.3, -0.25) is 4.79 Å². The van der Waals surface area contributed by atoms with Crippen molar-refractivity contribution in [3.63, 3.8) is 0 Å². The summed E-state index contributed by atoms with van der Waals surface area (Å²) in [4.78, 5) is 15.9. The molecule has 0 aliphatic carbocycles. The Hall–Kier alpha value is -1.98. The van der Waals surface area contributed by atoms with Gasteiger partial charge in [0.25, 0.3) is 5.91 Å². The van der Waals surface area contributed by atoms with Crippen LogP contribution in [0, 0.1) is 5.92 Å². The van der Waals surface area contributed by atoms with Crippen molar-refractivity contribution >= 4 is 28.4 Å². The van der Waals surface area contributed by atoms with Crippen LogP contribution in [0.1, 0.15) is 24.3 Å². The summed E-state index contributed by atoms with van der Waals surface area (Å²) in [5, 5.41) is 8.92. The molecule has 0 saturated carbocycles. The SMILES string of the molecule is CC(C)C(NC(=O)c1cc2cc(Cl)ccc2[nH]1)C1=CN(C)N(C)C1. The molecule has 2 heterocycles. The van der Waals surface area contributed by atoms with Crippen LogP contribution in [0.5, 0.6) is 0 Å². The van der Waals surface area contributed by atoms with Crippen LogP contribution in [0.3, 0.4) is 0 Å². The molecule has 0 saturated heterocycles. The van der Waals surface area contributed by atoms with Crippen LogP contribution in [-0.4, -0.2) is 47.6 Å². The van der Waals surface area contributed by atoms with E-state index in [-0.39, 0.29) is 11.9 Å². The third-order valence-electron chi connectivity index (χ3n) is 4.48. The fourth-order valence-electron chi connectivity index (χ4n) is 3.07. The first kappa shape index (κ1) is 16.9. The standard InChI is InChI=1S/C18H23ClN4O/c1-11(2)17(13-9-22(3)23(4)10-13)21-18(24)16-8-12-7-14(19)5-6-15(12)20-16/h5-9,11,17,20H,10H2,1-4H3,(H,21,24). The molecular formula is C18H23ClN4O. The number of carbonyl (C=O) groups excluding carboxylic acids is 1. The van der Waals surface area contributed by atoms with Gasteiger partial charge in [0.1, 0.15) is 5.69 Å². The van der Waals surface area contributed by atoms with Crippen LogP contribution in [0.2, 0.25) is 5.02 Å². The molecule has 1 aromatic carbocycles. The highest BCUT2D eigenvalue weighted by Crippen LogP contribution is 2.22. The lowest BCUT2D eigenvalue weighted by Crippen LogP contribution is -2.41. The van der Waals surface area contributed by atoms with Crippen molar-refractivity contribution in [2.45, 2.75) is 19.9 Å². The van der Waals surface area contributed by atoms with E-state index in [4.69, 9.17) is 11.6 Å². The van der Waals surface area contributed by atoms with E-state index in [0.29, 0.717) is 16.6 Å². The zero-order chi connectivity index (χ0) is 17.4. The molecule has 0 fully saturated rings. The Bertz CT molecular complexity index is 795. The van der Waals surface area contributed by atoms with E-state index in [1.54, 1.807) is 0 Å². The van der Waals surface area contributed by atoms with Gasteiger partial charge in [0.05, 0.1) is 6.04 Å². The number of rotatable bonds is 4. The second-order valence-corrected chi connectivity index (χ2v) is 7.14. The van der Waals surface area contributed by atoms with Crippen LogP contribution in [0.25, 0.3) is 10.9 Å². The minimum absolute atomic E-state index is 0.0000924. The number of carbonyl (C=O) groups is 1. The maximum absolute atomic E-state index is 12.7. The molecule has 0 spiro atoms. The summed E-state index contributed by atoms with van der Waals surface area (Å²) in [5.74, 6) is 0.207. The Morgan fingerprint density at radius 3 is 2.67 bits per heavy atom. The number of halogens is 1. The molecule has 1 aliphatic heterocycles. The molecule has 2 aromatic rings. The fourth-order valence-corrected chi connectivity index (χ4v) is 3.25. The van der Waals surface area contributed by atoms with Crippen molar-refractivity contribution in [3.05, 3.63) is 46.8 Å². The Kier molecular flexibility index (Phi) is 4.56. The molecule has 1 amide bonds. The highest BCUT2D eigenvalue weighted by Gasteiger charge is 2.27. The topological polar surface area (TPSA) is 51.4 Å². The summed E-state index contributed by atoms with van der Waals surface area (Å²) in [7, 11) is 4.04. The smallest absolute Gasteiger partial charge is 0.268 e. The number of H-pyrrole nitrogens is 1. The number of benzene rings is 1. The molecule has 24 heavy (non-hydrogen) atoms. The summed E-state index contributed by atoms with van der Waals surface area (Å²) < 4.78 is 0.